The number of likely N-dealkylation sites (N-methyl/N-ethyl adjacent to an activating group) is 1. The van der Waals surface area contributed by atoms with Gasteiger partial charge in [-0.2, -0.15) is 0 Å². The van der Waals surface area contributed by atoms with Crippen LogP contribution in [0.15, 0.2) is 24.3 Å². The van der Waals surface area contributed by atoms with Crippen LogP contribution < -0.4 is 10.2 Å². The lowest BCUT2D eigenvalue weighted by Crippen LogP contribution is -2.44. The molecular formula is C15H25N3. The lowest BCUT2D eigenvalue weighted by atomic mass is 10.1. The average molecular weight is 247 g/mol. The van der Waals surface area contributed by atoms with Gasteiger partial charge in [0.1, 0.15) is 0 Å². The van der Waals surface area contributed by atoms with E-state index in [2.05, 4.69) is 60.4 Å². The molecule has 0 aromatic heterocycles. The van der Waals surface area contributed by atoms with Gasteiger partial charge in [0.05, 0.1) is 0 Å². The highest BCUT2D eigenvalue weighted by molar-refractivity contribution is 5.53. The van der Waals surface area contributed by atoms with Gasteiger partial charge in [-0.15, -0.1) is 0 Å². The zero-order chi connectivity index (χ0) is 13.0. The fraction of sp³-hybridized carbons (Fsp3) is 0.600. The molecule has 1 unspecified atom stereocenters. The molecule has 1 N–H and O–H groups in total. The molecule has 0 aliphatic carbocycles. The lowest BCUT2D eigenvalue weighted by molar-refractivity contribution is 0.346. The molecule has 100 valence electrons. The van der Waals surface area contributed by atoms with E-state index in [0.717, 1.165) is 26.2 Å². The minimum absolute atomic E-state index is 0.558. The van der Waals surface area contributed by atoms with Crippen molar-refractivity contribution in [2.24, 2.45) is 0 Å². The van der Waals surface area contributed by atoms with E-state index in [1.807, 2.05) is 0 Å². The minimum Gasteiger partial charge on any atom is -0.370 e. The van der Waals surface area contributed by atoms with E-state index >= 15 is 0 Å². The molecule has 0 saturated carbocycles. The largest absolute Gasteiger partial charge is 0.370 e. The van der Waals surface area contributed by atoms with Crippen molar-refractivity contribution in [3.8, 4) is 0 Å². The molecule has 1 aliphatic rings. The van der Waals surface area contributed by atoms with Crippen molar-refractivity contribution in [2.75, 3.05) is 45.2 Å². The van der Waals surface area contributed by atoms with E-state index in [-0.39, 0.29) is 0 Å². The molecule has 0 bridgehead atoms. The van der Waals surface area contributed by atoms with Crippen LogP contribution in [0, 0.1) is 6.92 Å². The number of benzene rings is 1. The molecule has 0 spiro atoms. The third-order valence-electron chi connectivity index (χ3n) is 3.52. The smallest absolute Gasteiger partial charge is 0.0396 e. The fourth-order valence-electron chi connectivity index (χ4n) is 2.70. The third kappa shape index (κ3) is 3.47. The predicted molar refractivity (Wildman–Crippen MR) is 78.4 cm³/mol. The molecule has 3 nitrogen and oxygen atoms in total. The molecule has 1 fully saturated rings. The first-order valence-corrected chi connectivity index (χ1v) is 6.85. The lowest BCUT2D eigenvalue weighted by Gasteiger charge is -2.29. The van der Waals surface area contributed by atoms with E-state index in [1.165, 1.54) is 17.7 Å². The summed E-state index contributed by atoms with van der Waals surface area (Å²) in [7, 11) is 4.29. The first kappa shape index (κ1) is 13.4. The maximum atomic E-state index is 3.65. The molecule has 1 heterocycles. The molecule has 3 heteroatoms. The topological polar surface area (TPSA) is 18.5 Å². The minimum atomic E-state index is 0.558. The SMILES string of the molecule is Cc1ccccc1N1CCCNC(CN(C)C)C1. The monoisotopic (exact) mass is 247 g/mol. The number of aryl methyl sites for hydroxylation is 1. The van der Waals surface area contributed by atoms with Crippen molar-refractivity contribution in [3.63, 3.8) is 0 Å². The van der Waals surface area contributed by atoms with Crippen LogP contribution >= 0.6 is 0 Å². The summed E-state index contributed by atoms with van der Waals surface area (Å²) < 4.78 is 0. The first-order chi connectivity index (χ1) is 8.66. The van der Waals surface area contributed by atoms with E-state index in [0.29, 0.717) is 6.04 Å². The Bertz CT molecular complexity index is 376. The second kappa shape index (κ2) is 6.21. The summed E-state index contributed by atoms with van der Waals surface area (Å²) in [4.78, 5) is 4.79. The standard InChI is InChI=1S/C15H25N3/c1-13-7-4-5-8-15(13)18-10-6-9-16-14(12-18)11-17(2)3/h4-5,7-8,14,16H,6,9-12H2,1-3H3. The van der Waals surface area contributed by atoms with Crippen molar-refractivity contribution in [1.82, 2.24) is 10.2 Å². The number of anilines is 1. The molecule has 1 aromatic carbocycles. The highest BCUT2D eigenvalue weighted by atomic mass is 15.2. The number of para-hydroxylation sites is 1. The van der Waals surface area contributed by atoms with Crippen molar-refractivity contribution >= 4 is 5.69 Å². The second-order valence-electron chi connectivity index (χ2n) is 5.50. The van der Waals surface area contributed by atoms with Gasteiger partial charge >= 0.3 is 0 Å². The maximum Gasteiger partial charge on any atom is 0.0396 e. The summed E-state index contributed by atoms with van der Waals surface area (Å²) in [5.74, 6) is 0. The summed E-state index contributed by atoms with van der Waals surface area (Å²) in [5, 5.41) is 3.65. The van der Waals surface area contributed by atoms with Crippen LogP contribution in [0.3, 0.4) is 0 Å². The Kier molecular flexibility index (Phi) is 4.61. The number of hydrogen-bond acceptors (Lipinski definition) is 3. The normalized spacial score (nSPS) is 21.1. The van der Waals surface area contributed by atoms with Crippen molar-refractivity contribution < 1.29 is 0 Å². The third-order valence-corrected chi connectivity index (χ3v) is 3.52. The Morgan fingerprint density at radius 1 is 1.33 bits per heavy atom. The van der Waals surface area contributed by atoms with E-state index in [1.54, 1.807) is 0 Å². The van der Waals surface area contributed by atoms with Crippen molar-refractivity contribution in [1.29, 1.82) is 0 Å². The first-order valence-electron chi connectivity index (χ1n) is 6.85. The Morgan fingerprint density at radius 2 is 2.11 bits per heavy atom. The summed E-state index contributed by atoms with van der Waals surface area (Å²) >= 11 is 0. The highest BCUT2D eigenvalue weighted by Gasteiger charge is 2.19. The molecule has 2 rings (SSSR count). The van der Waals surface area contributed by atoms with Crippen LogP contribution in [0.5, 0.6) is 0 Å². The quantitative estimate of drug-likeness (QED) is 0.877. The molecule has 1 aromatic rings. The predicted octanol–water partition coefficient (Wildman–Crippen LogP) is 1.72. The van der Waals surface area contributed by atoms with Crippen LogP contribution in [-0.2, 0) is 0 Å². The van der Waals surface area contributed by atoms with Crippen molar-refractivity contribution in [2.45, 2.75) is 19.4 Å². The Morgan fingerprint density at radius 3 is 2.83 bits per heavy atom. The molecule has 1 atom stereocenters. The van der Waals surface area contributed by atoms with Gasteiger partial charge in [0.25, 0.3) is 0 Å². The van der Waals surface area contributed by atoms with Gasteiger partial charge in [-0.1, -0.05) is 18.2 Å². The summed E-state index contributed by atoms with van der Waals surface area (Å²) in [5.41, 5.74) is 2.77. The van der Waals surface area contributed by atoms with E-state index in [9.17, 15) is 0 Å². The number of rotatable bonds is 3. The Labute approximate surface area is 111 Å². The summed E-state index contributed by atoms with van der Waals surface area (Å²) in [6.45, 7) is 6.68. The number of nitrogens with zero attached hydrogens (tertiary/aromatic N) is 2. The molecular weight excluding hydrogens is 222 g/mol. The van der Waals surface area contributed by atoms with Crippen LogP contribution in [0.4, 0.5) is 5.69 Å². The molecule has 0 amide bonds. The Balaban J connectivity index is 2.09. The van der Waals surface area contributed by atoms with E-state index in [4.69, 9.17) is 0 Å². The van der Waals surface area contributed by atoms with Gasteiger partial charge in [0, 0.05) is 31.4 Å². The van der Waals surface area contributed by atoms with Gasteiger partial charge in [0.15, 0.2) is 0 Å². The second-order valence-corrected chi connectivity index (χ2v) is 5.50. The van der Waals surface area contributed by atoms with Crippen LogP contribution in [0.1, 0.15) is 12.0 Å². The van der Waals surface area contributed by atoms with Crippen LogP contribution in [0.25, 0.3) is 0 Å². The molecule has 1 aliphatic heterocycles. The van der Waals surface area contributed by atoms with Crippen LogP contribution in [-0.4, -0.2) is 51.2 Å². The zero-order valence-electron chi connectivity index (χ0n) is 11.8. The fourth-order valence-corrected chi connectivity index (χ4v) is 2.70. The summed E-state index contributed by atoms with van der Waals surface area (Å²) in [6.07, 6.45) is 1.22. The molecule has 0 radical (unpaired) electrons. The number of nitrogens with one attached hydrogen (secondary N) is 1. The highest BCUT2D eigenvalue weighted by Crippen LogP contribution is 2.20. The zero-order valence-corrected chi connectivity index (χ0v) is 11.8. The summed E-state index contributed by atoms with van der Waals surface area (Å²) in [6, 6.07) is 9.26. The van der Waals surface area contributed by atoms with Crippen molar-refractivity contribution in [3.05, 3.63) is 29.8 Å². The number of hydrogen-bond donors (Lipinski definition) is 1. The van der Waals surface area contributed by atoms with E-state index < -0.39 is 0 Å². The Hall–Kier alpha value is -1.06. The maximum absolute atomic E-state index is 3.65. The average Bonchev–Trinajstić information content (AvgIpc) is 2.54. The van der Waals surface area contributed by atoms with Gasteiger partial charge in [-0.05, 0) is 45.6 Å². The van der Waals surface area contributed by atoms with Gasteiger partial charge in [-0.25, -0.2) is 0 Å². The molecule has 18 heavy (non-hydrogen) atoms. The van der Waals surface area contributed by atoms with Gasteiger partial charge < -0.3 is 15.1 Å². The van der Waals surface area contributed by atoms with Gasteiger partial charge in [0.2, 0.25) is 0 Å². The molecule has 1 saturated heterocycles. The van der Waals surface area contributed by atoms with Crippen LogP contribution in [0.2, 0.25) is 0 Å². The van der Waals surface area contributed by atoms with Gasteiger partial charge in [-0.3, -0.25) is 0 Å².